The van der Waals surface area contributed by atoms with E-state index in [1.807, 2.05) is 42.5 Å². The first-order valence-electron chi connectivity index (χ1n) is 14.6. The molecule has 1 unspecified atom stereocenters. The van der Waals surface area contributed by atoms with Crippen LogP contribution in [0.15, 0.2) is 66.8 Å². The fraction of sp³-hybridized carbons (Fsp3) is 0.576. The van der Waals surface area contributed by atoms with Gasteiger partial charge in [-0.05, 0) is 55.5 Å². The second-order valence-electron chi connectivity index (χ2n) is 12.4. The second-order valence-corrected chi connectivity index (χ2v) is 17.1. The normalized spacial score (nSPS) is 21.5. The van der Waals surface area contributed by atoms with Gasteiger partial charge in [-0.15, -0.1) is 0 Å². The van der Waals surface area contributed by atoms with Crippen LogP contribution in [0.5, 0.6) is 0 Å². The van der Waals surface area contributed by atoms with E-state index in [1.165, 1.54) is 12.2 Å². The van der Waals surface area contributed by atoms with Crippen LogP contribution in [0.25, 0.3) is 0 Å². The van der Waals surface area contributed by atoms with Crippen molar-refractivity contribution in [2.75, 3.05) is 0 Å². The number of rotatable bonds is 16. The van der Waals surface area contributed by atoms with Crippen LogP contribution in [0.3, 0.4) is 0 Å². The van der Waals surface area contributed by atoms with Gasteiger partial charge in [0.05, 0.1) is 12.7 Å². The number of ether oxygens (including phenoxy) is 1. The van der Waals surface area contributed by atoms with Crippen molar-refractivity contribution in [1.82, 2.24) is 0 Å². The van der Waals surface area contributed by atoms with Gasteiger partial charge in [0.2, 0.25) is 0 Å². The van der Waals surface area contributed by atoms with Gasteiger partial charge in [0.25, 0.3) is 5.92 Å². The molecule has 1 N–H and O–H groups in total. The highest BCUT2D eigenvalue weighted by Gasteiger charge is 2.47. The molecule has 0 bridgehead atoms. The van der Waals surface area contributed by atoms with Crippen LogP contribution in [-0.4, -0.2) is 43.3 Å². The van der Waals surface area contributed by atoms with E-state index in [0.29, 0.717) is 25.7 Å². The minimum Gasteiger partial charge on any atom is -0.481 e. The van der Waals surface area contributed by atoms with Gasteiger partial charge in [-0.25, -0.2) is 0 Å². The molecule has 1 fully saturated rings. The Morgan fingerprint density at radius 1 is 1.15 bits per heavy atom. The van der Waals surface area contributed by atoms with Crippen LogP contribution in [-0.2, 0) is 25.4 Å². The first-order valence-corrected chi connectivity index (χ1v) is 17.6. The Labute approximate surface area is 245 Å². The number of Topliss-reactive ketones (excluding diaryl/α,β-unsaturated/α-hetero) is 1. The molecule has 0 aliphatic heterocycles. The summed E-state index contributed by atoms with van der Waals surface area (Å²) in [6.07, 6.45) is 9.72. The van der Waals surface area contributed by atoms with Crippen LogP contribution in [0.1, 0.15) is 71.8 Å². The number of alkyl halides is 2. The topological polar surface area (TPSA) is 72.8 Å². The third-order valence-corrected chi connectivity index (χ3v) is 12.5. The van der Waals surface area contributed by atoms with Crippen LogP contribution in [0.2, 0.25) is 18.1 Å². The highest BCUT2D eigenvalue weighted by Crippen LogP contribution is 2.43. The smallest absolute Gasteiger partial charge is 0.303 e. The number of carbonyl (C=O) groups is 2. The van der Waals surface area contributed by atoms with Crippen molar-refractivity contribution in [3.8, 4) is 0 Å². The van der Waals surface area contributed by atoms with E-state index in [9.17, 15) is 9.59 Å². The number of hydrogen-bond acceptors (Lipinski definition) is 4. The number of aliphatic carboxylic acids is 1. The molecule has 4 atom stereocenters. The zero-order chi connectivity index (χ0) is 30.7. The maximum atomic E-state index is 15.3. The lowest BCUT2D eigenvalue weighted by molar-refractivity contribution is -0.137. The molecule has 8 heteroatoms. The largest absolute Gasteiger partial charge is 0.481 e. The van der Waals surface area contributed by atoms with Crippen LogP contribution >= 0.6 is 0 Å². The molecule has 1 aliphatic carbocycles. The van der Waals surface area contributed by atoms with Crippen LogP contribution < -0.4 is 0 Å². The van der Waals surface area contributed by atoms with Gasteiger partial charge >= 0.3 is 5.97 Å². The molecule has 1 aromatic rings. The SMILES string of the molecule is CCC=CC(F)(F)C(C=C[C@H]1[C@H](O[Si](C)(C)C(C)(C)C)CC(=O)[C@@H]1CC=CCCCC(=O)O)OCc1ccccc1. The number of carbonyl (C=O) groups excluding carboxylic acids is 1. The predicted octanol–water partition coefficient (Wildman–Crippen LogP) is 8.53. The fourth-order valence-electron chi connectivity index (χ4n) is 4.57. The molecule has 0 amide bonds. The van der Waals surface area contributed by atoms with E-state index in [4.69, 9.17) is 14.3 Å². The summed E-state index contributed by atoms with van der Waals surface area (Å²) in [4.78, 5) is 24.0. The zero-order valence-electron chi connectivity index (χ0n) is 25.4. The molecule has 0 aromatic heterocycles. The van der Waals surface area contributed by atoms with Crippen molar-refractivity contribution in [2.24, 2.45) is 11.8 Å². The molecule has 0 spiro atoms. The monoisotopic (exact) mass is 590 g/mol. The van der Waals surface area contributed by atoms with Crippen molar-refractivity contribution in [1.29, 1.82) is 0 Å². The highest BCUT2D eigenvalue weighted by atomic mass is 28.4. The summed E-state index contributed by atoms with van der Waals surface area (Å²) in [7, 11) is -2.25. The maximum Gasteiger partial charge on any atom is 0.303 e. The Kier molecular flexibility index (Phi) is 13.3. The lowest BCUT2D eigenvalue weighted by Crippen LogP contribution is -2.45. The zero-order valence-corrected chi connectivity index (χ0v) is 26.4. The minimum absolute atomic E-state index is 0.0292. The molecule has 5 nitrogen and oxygen atoms in total. The molecule has 41 heavy (non-hydrogen) atoms. The Morgan fingerprint density at radius 3 is 2.44 bits per heavy atom. The summed E-state index contributed by atoms with van der Waals surface area (Å²) in [5, 5.41) is 8.77. The first kappa shape index (κ1) is 34.8. The van der Waals surface area contributed by atoms with Gasteiger partial charge in [0, 0.05) is 24.7 Å². The van der Waals surface area contributed by atoms with Crippen LogP contribution in [0, 0.1) is 11.8 Å². The lowest BCUT2D eigenvalue weighted by atomic mass is 9.90. The molecular weight excluding hydrogens is 542 g/mol. The highest BCUT2D eigenvalue weighted by molar-refractivity contribution is 6.74. The van der Waals surface area contributed by atoms with E-state index in [0.717, 1.165) is 11.6 Å². The Morgan fingerprint density at radius 2 is 1.83 bits per heavy atom. The Balaban J connectivity index is 2.35. The molecule has 0 saturated heterocycles. The summed E-state index contributed by atoms with van der Waals surface area (Å²) in [6.45, 7) is 12.5. The summed E-state index contributed by atoms with van der Waals surface area (Å²) in [5.41, 5.74) is 0.794. The number of allylic oxidation sites excluding steroid dienone is 3. The van der Waals surface area contributed by atoms with E-state index in [-0.39, 0.29) is 36.2 Å². The molecule has 1 saturated carbocycles. The number of carboxylic acids is 1. The van der Waals surface area contributed by atoms with Crippen molar-refractivity contribution < 1.29 is 32.6 Å². The molecule has 228 valence electrons. The molecule has 1 aromatic carbocycles. The van der Waals surface area contributed by atoms with Gasteiger partial charge in [-0.2, -0.15) is 8.78 Å². The van der Waals surface area contributed by atoms with Gasteiger partial charge in [-0.3, -0.25) is 9.59 Å². The fourth-order valence-corrected chi connectivity index (χ4v) is 5.92. The maximum absolute atomic E-state index is 15.3. The number of unbranched alkanes of at least 4 members (excludes halogenated alkanes) is 1. The number of carboxylic acid groups (broad SMARTS) is 1. The molecule has 1 aliphatic rings. The molecular formula is C33H48F2O5Si. The molecule has 2 rings (SSSR count). The van der Waals surface area contributed by atoms with Gasteiger partial charge in [0.15, 0.2) is 8.32 Å². The van der Waals surface area contributed by atoms with E-state index >= 15 is 8.78 Å². The predicted molar refractivity (Wildman–Crippen MR) is 162 cm³/mol. The van der Waals surface area contributed by atoms with E-state index < -0.39 is 38.3 Å². The average molecular weight is 591 g/mol. The summed E-state index contributed by atoms with van der Waals surface area (Å²) in [5.74, 6) is -4.81. The van der Waals surface area contributed by atoms with Crippen molar-refractivity contribution in [3.63, 3.8) is 0 Å². The average Bonchev–Trinajstić information content (AvgIpc) is 3.17. The van der Waals surface area contributed by atoms with E-state index in [2.05, 4.69) is 33.9 Å². The number of hydrogen-bond donors (Lipinski definition) is 1. The Bertz CT molecular complexity index is 1060. The molecule has 0 radical (unpaired) electrons. The standard InChI is InChI=1S/C33H48F2O5Si/c1-7-8-22-33(34,35)30(39-24-25-16-12-11-13-17-25)21-20-27-26(18-14-9-10-15-19-31(37)38)28(36)23-29(27)40-41(5,6)32(2,3)4/h8-9,11-14,16-17,20-22,26-27,29-30H,7,10,15,18-19,23-24H2,1-6H3,(H,37,38)/t26-,27-,29-,30?/m1/s1. The Hall–Kier alpha value is -2.42. The van der Waals surface area contributed by atoms with Crippen molar-refractivity contribution in [2.45, 2.75) is 109 Å². The van der Waals surface area contributed by atoms with Gasteiger partial charge in [0.1, 0.15) is 11.9 Å². The summed E-state index contributed by atoms with van der Waals surface area (Å²) >= 11 is 0. The number of ketones is 1. The van der Waals surface area contributed by atoms with Crippen molar-refractivity contribution >= 4 is 20.1 Å². The van der Waals surface area contributed by atoms with E-state index in [1.54, 1.807) is 13.0 Å². The summed E-state index contributed by atoms with van der Waals surface area (Å²) in [6, 6.07) is 9.20. The number of benzene rings is 1. The molecule has 0 heterocycles. The van der Waals surface area contributed by atoms with Gasteiger partial charge < -0.3 is 14.3 Å². The quantitative estimate of drug-likeness (QED) is 0.119. The number of halogens is 2. The summed E-state index contributed by atoms with van der Waals surface area (Å²) < 4.78 is 43.1. The first-order chi connectivity index (χ1) is 19.2. The third-order valence-electron chi connectivity index (χ3n) is 8.02. The second kappa shape index (κ2) is 15.7. The third kappa shape index (κ3) is 11.1. The van der Waals surface area contributed by atoms with Gasteiger partial charge in [-0.1, -0.05) is 88.4 Å². The lowest BCUT2D eigenvalue weighted by Gasteiger charge is -2.39. The van der Waals surface area contributed by atoms with Crippen LogP contribution in [0.4, 0.5) is 8.78 Å². The minimum atomic E-state index is -3.24. The van der Waals surface area contributed by atoms with Crippen molar-refractivity contribution in [3.05, 3.63) is 72.4 Å².